The van der Waals surface area contributed by atoms with Crippen LogP contribution in [0, 0.1) is 5.82 Å². The number of aliphatic hydroxyl groups excluding tert-OH is 1. The lowest BCUT2D eigenvalue weighted by Crippen LogP contribution is -2.14. The lowest BCUT2D eigenvalue weighted by Gasteiger charge is -2.12. The third kappa shape index (κ3) is 2.40. The van der Waals surface area contributed by atoms with E-state index >= 15 is 0 Å². The number of benzene rings is 1. The molecule has 3 N–H and O–H groups in total. The normalized spacial score (nSPS) is 12.9. The third-order valence-corrected chi connectivity index (χ3v) is 2.14. The van der Waals surface area contributed by atoms with Crippen LogP contribution in [0.3, 0.4) is 0 Å². The molecule has 2 nitrogen and oxygen atoms in total. The summed E-state index contributed by atoms with van der Waals surface area (Å²) in [5.74, 6) is -0.423. The van der Waals surface area contributed by atoms with Crippen LogP contribution < -0.4 is 5.73 Å². The Hall–Kier alpha value is -0.640. The number of hydrogen-bond acceptors (Lipinski definition) is 2. The van der Waals surface area contributed by atoms with Gasteiger partial charge < -0.3 is 10.8 Å². The summed E-state index contributed by atoms with van der Waals surface area (Å²) in [6.07, 6.45) is 0.306. The molecule has 0 aromatic heterocycles. The Balaban J connectivity index is 2.98. The summed E-state index contributed by atoms with van der Waals surface area (Å²) in [7, 11) is 0. The van der Waals surface area contributed by atoms with E-state index in [0.717, 1.165) is 0 Å². The van der Waals surface area contributed by atoms with Crippen LogP contribution in [0.1, 0.15) is 18.0 Å². The van der Waals surface area contributed by atoms with E-state index in [0.29, 0.717) is 11.4 Å². The predicted octanol–water partition coefficient (Wildman–Crippen LogP) is 1.86. The molecule has 0 bridgehead atoms. The van der Waals surface area contributed by atoms with Gasteiger partial charge in [0.1, 0.15) is 5.82 Å². The summed E-state index contributed by atoms with van der Waals surface area (Å²) in [4.78, 5) is 0. The lowest BCUT2D eigenvalue weighted by molar-refractivity contribution is 0.275. The van der Waals surface area contributed by atoms with Crippen molar-refractivity contribution in [2.75, 3.05) is 6.61 Å². The maximum Gasteiger partial charge on any atom is 0.129 e. The highest BCUT2D eigenvalue weighted by Gasteiger charge is 2.13. The minimum Gasteiger partial charge on any atom is -0.396 e. The van der Waals surface area contributed by atoms with E-state index in [2.05, 4.69) is 0 Å². The molecule has 0 fully saturated rings. The molecule has 0 aliphatic heterocycles. The first-order chi connectivity index (χ1) is 6.16. The molecule has 0 saturated carbocycles. The summed E-state index contributed by atoms with van der Waals surface area (Å²) in [6, 6.07) is 3.86. The number of hydrogen-bond donors (Lipinski definition) is 2. The second-order valence-corrected chi connectivity index (χ2v) is 3.16. The van der Waals surface area contributed by atoms with Crippen molar-refractivity contribution in [3.63, 3.8) is 0 Å². The van der Waals surface area contributed by atoms with Crippen LogP contribution in [0.2, 0.25) is 5.02 Å². The fraction of sp³-hybridized carbons (Fsp3) is 0.333. The summed E-state index contributed by atoms with van der Waals surface area (Å²) in [6.45, 7) is -0.0775. The average molecular weight is 204 g/mol. The van der Waals surface area contributed by atoms with Gasteiger partial charge in [0.05, 0.1) is 0 Å². The molecule has 0 heterocycles. The van der Waals surface area contributed by atoms with E-state index in [9.17, 15) is 4.39 Å². The zero-order valence-electron chi connectivity index (χ0n) is 7.00. The Kier molecular flexibility index (Phi) is 3.66. The Bertz CT molecular complexity index is 273. The molecule has 0 aliphatic rings. The van der Waals surface area contributed by atoms with Crippen LogP contribution in [0.4, 0.5) is 4.39 Å². The molecule has 0 radical (unpaired) electrons. The fourth-order valence-electron chi connectivity index (χ4n) is 1.15. The van der Waals surface area contributed by atoms with E-state index in [1.807, 2.05) is 0 Å². The van der Waals surface area contributed by atoms with Gasteiger partial charge in [0.15, 0.2) is 0 Å². The van der Waals surface area contributed by atoms with Crippen molar-refractivity contribution in [1.82, 2.24) is 0 Å². The fourth-order valence-corrected chi connectivity index (χ4v) is 1.45. The largest absolute Gasteiger partial charge is 0.396 e. The molecule has 0 amide bonds. The summed E-state index contributed by atoms with van der Waals surface area (Å²) in [5, 5.41) is 8.94. The molecule has 1 rings (SSSR count). The van der Waals surface area contributed by atoms with Crippen molar-refractivity contribution >= 4 is 11.6 Å². The van der Waals surface area contributed by atoms with Gasteiger partial charge in [-0.05, 0) is 18.6 Å². The van der Waals surface area contributed by atoms with Crippen molar-refractivity contribution in [2.45, 2.75) is 12.5 Å². The molecule has 0 aliphatic carbocycles. The molecule has 0 saturated heterocycles. The predicted molar refractivity (Wildman–Crippen MR) is 50.0 cm³/mol. The Morgan fingerprint density at radius 1 is 1.54 bits per heavy atom. The average Bonchev–Trinajstić information content (AvgIpc) is 2.04. The lowest BCUT2D eigenvalue weighted by atomic mass is 10.0. The minimum absolute atomic E-state index is 0.0775. The second kappa shape index (κ2) is 4.56. The van der Waals surface area contributed by atoms with Crippen molar-refractivity contribution in [3.05, 3.63) is 34.6 Å². The van der Waals surface area contributed by atoms with Crippen LogP contribution in [0.5, 0.6) is 0 Å². The van der Waals surface area contributed by atoms with Crippen LogP contribution in [0.25, 0.3) is 0 Å². The minimum atomic E-state index is -0.543. The highest BCUT2D eigenvalue weighted by Crippen LogP contribution is 2.25. The van der Waals surface area contributed by atoms with Crippen LogP contribution >= 0.6 is 11.6 Å². The quantitative estimate of drug-likeness (QED) is 0.788. The van der Waals surface area contributed by atoms with E-state index < -0.39 is 11.9 Å². The molecule has 1 aromatic rings. The van der Waals surface area contributed by atoms with Crippen molar-refractivity contribution in [3.8, 4) is 0 Å². The van der Waals surface area contributed by atoms with E-state index in [1.165, 1.54) is 12.1 Å². The van der Waals surface area contributed by atoms with Gasteiger partial charge in [-0.25, -0.2) is 4.39 Å². The maximum absolute atomic E-state index is 13.2. The molecular weight excluding hydrogens is 193 g/mol. The number of halogens is 2. The first-order valence-corrected chi connectivity index (χ1v) is 4.35. The van der Waals surface area contributed by atoms with Gasteiger partial charge in [-0.1, -0.05) is 17.7 Å². The van der Waals surface area contributed by atoms with Gasteiger partial charge in [0.25, 0.3) is 0 Å². The third-order valence-electron chi connectivity index (χ3n) is 1.81. The van der Waals surface area contributed by atoms with Crippen LogP contribution in [-0.2, 0) is 0 Å². The number of rotatable bonds is 3. The molecule has 1 atom stereocenters. The van der Waals surface area contributed by atoms with Crippen LogP contribution in [0.15, 0.2) is 18.2 Å². The van der Waals surface area contributed by atoms with Gasteiger partial charge >= 0.3 is 0 Å². The van der Waals surface area contributed by atoms with E-state index in [1.54, 1.807) is 6.07 Å². The monoisotopic (exact) mass is 203 g/mol. The summed E-state index contributed by atoms with van der Waals surface area (Å²) < 4.78 is 13.2. The van der Waals surface area contributed by atoms with Gasteiger partial charge in [-0.15, -0.1) is 0 Å². The zero-order chi connectivity index (χ0) is 9.84. The van der Waals surface area contributed by atoms with Crippen molar-refractivity contribution in [1.29, 1.82) is 0 Å². The standard InChI is InChI=1S/C9H11ClFNO/c10-6-2-1-3-7(11)9(6)8(12)4-5-13/h1-3,8,13H,4-5,12H2. The molecule has 0 spiro atoms. The Labute approximate surface area is 81.1 Å². The number of aliphatic hydroxyl groups is 1. The molecular formula is C9H11ClFNO. The Morgan fingerprint density at radius 3 is 2.77 bits per heavy atom. The molecule has 13 heavy (non-hydrogen) atoms. The molecule has 4 heteroatoms. The second-order valence-electron chi connectivity index (χ2n) is 2.75. The first-order valence-electron chi connectivity index (χ1n) is 3.97. The molecule has 1 aromatic carbocycles. The number of nitrogens with two attached hydrogens (primary N) is 1. The van der Waals surface area contributed by atoms with Gasteiger partial charge in [0.2, 0.25) is 0 Å². The van der Waals surface area contributed by atoms with E-state index in [-0.39, 0.29) is 12.2 Å². The summed E-state index contributed by atoms with van der Waals surface area (Å²) in [5.41, 5.74) is 5.90. The highest BCUT2D eigenvalue weighted by atomic mass is 35.5. The topological polar surface area (TPSA) is 46.2 Å². The van der Waals surface area contributed by atoms with Crippen LogP contribution in [-0.4, -0.2) is 11.7 Å². The smallest absolute Gasteiger partial charge is 0.129 e. The zero-order valence-corrected chi connectivity index (χ0v) is 7.76. The van der Waals surface area contributed by atoms with E-state index in [4.69, 9.17) is 22.4 Å². The SMILES string of the molecule is NC(CCO)c1c(F)cccc1Cl. The first kappa shape index (κ1) is 10.4. The summed E-state index contributed by atoms with van der Waals surface area (Å²) >= 11 is 5.76. The van der Waals surface area contributed by atoms with Gasteiger partial charge in [-0.3, -0.25) is 0 Å². The molecule has 72 valence electrons. The highest BCUT2D eigenvalue weighted by molar-refractivity contribution is 6.31. The Morgan fingerprint density at radius 2 is 2.23 bits per heavy atom. The van der Waals surface area contributed by atoms with Crippen molar-refractivity contribution < 1.29 is 9.50 Å². The van der Waals surface area contributed by atoms with Gasteiger partial charge in [0, 0.05) is 23.2 Å². The molecule has 1 unspecified atom stereocenters. The van der Waals surface area contributed by atoms with Gasteiger partial charge in [-0.2, -0.15) is 0 Å². The van der Waals surface area contributed by atoms with Crippen molar-refractivity contribution in [2.24, 2.45) is 5.73 Å². The maximum atomic E-state index is 13.2.